The maximum atomic E-state index is 14.8. The molecular weight excluding hydrogens is 552 g/mol. The summed E-state index contributed by atoms with van der Waals surface area (Å²) in [6.45, 7) is 1.18. The monoisotopic (exact) mass is 578 g/mol. The summed E-state index contributed by atoms with van der Waals surface area (Å²) in [5, 5.41) is -0.475. The fourth-order valence-electron chi connectivity index (χ4n) is 4.08. The van der Waals surface area contributed by atoms with Crippen molar-refractivity contribution in [3.63, 3.8) is 0 Å². The topological polar surface area (TPSA) is 101 Å². The van der Waals surface area contributed by atoms with Crippen LogP contribution in [0, 0.1) is 5.82 Å². The highest BCUT2D eigenvalue weighted by molar-refractivity contribution is 7.92. The molecule has 0 radical (unpaired) electrons. The molecule has 2 aromatic rings. The largest absolute Gasteiger partial charge is 0.480 e. The number of nitrogens with zero attached hydrogens (tertiary/aromatic N) is 2. The predicted octanol–water partition coefficient (Wildman–Crippen LogP) is 3.46. The van der Waals surface area contributed by atoms with Gasteiger partial charge in [-0.25, -0.2) is 21.2 Å². The van der Waals surface area contributed by atoms with Gasteiger partial charge in [0.05, 0.1) is 26.3 Å². The number of benzene rings is 2. The van der Waals surface area contributed by atoms with Crippen LogP contribution < -0.4 is 9.64 Å². The van der Waals surface area contributed by atoms with Crippen LogP contribution in [0.4, 0.5) is 23.2 Å². The molecule has 0 spiro atoms. The van der Waals surface area contributed by atoms with Crippen LogP contribution in [0.25, 0.3) is 0 Å². The smallest absolute Gasteiger partial charge is 0.425 e. The third kappa shape index (κ3) is 5.90. The zero-order valence-electron chi connectivity index (χ0n) is 20.5. The second-order valence-electron chi connectivity index (χ2n) is 9.37. The first-order valence-electron chi connectivity index (χ1n) is 11.7. The summed E-state index contributed by atoms with van der Waals surface area (Å²) >= 11 is 0. The molecule has 1 aliphatic heterocycles. The highest BCUT2D eigenvalue weighted by Crippen LogP contribution is 2.35. The molecule has 1 aliphatic carbocycles. The van der Waals surface area contributed by atoms with Crippen LogP contribution in [0.2, 0.25) is 0 Å². The third-order valence-corrected chi connectivity index (χ3v) is 9.86. The van der Waals surface area contributed by atoms with E-state index in [2.05, 4.69) is 0 Å². The first-order valence-corrected chi connectivity index (χ1v) is 15.2. The van der Waals surface area contributed by atoms with Crippen molar-refractivity contribution >= 4 is 31.3 Å². The van der Waals surface area contributed by atoms with Crippen molar-refractivity contribution in [2.24, 2.45) is 0 Å². The number of halogens is 4. The number of alkyl halides is 3. The Kier molecular flexibility index (Phi) is 7.43. The van der Waals surface area contributed by atoms with Gasteiger partial charge in [0.1, 0.15) is 11.6 Å². The minimum absolute atomic E-state index is 0.0533. The number of rotatable bonds is 7. The molecule has 2 fully saturated rings. The predicted molar refractivity (Wildman–Crippen MR) is 130 cm³/mol. The van der Waals surface area contributed by atoms with Crippen molar-refractivity contribution in [1.82, 2.24) is 4.90 Å². The summed E-state index contributed by atoms with van der Waals surface area (Å²) in [6.07, 6.45) is -4.94. The minimum atomic E-state index is -4.71. The van der Waals surface area contributed by atoms with Gasteiger partial charge in [0.2, 0.25) is 0 Å². The van der Waals surface area contributed by atoms with Crippen molar-refractivity contribution in [3.8, 4) is 5.75 Å². The van der Waals surface area contributed by atoms with Gasteiger partial charge in [0.15, 0.2) is 25.8 Å². The molecule has 0 aromatic heterocycles. The molecule has 38 heavy (non-hydrogen) atoms. The van der Waals surface area contributed by atoms with Gasteiger partial charge in [0.25, 0.3) is 5.91 Å². The molecule has 1 saturated heterocycles. The molecular formula is C24H26F4N2O6S2. The number of anilines is 1. The van der Waals surface area contributed by atoms with Crippen molar-refractivity contribution in [2.75, 3.05) is 37.3 Å². The van der Waals surface area contributed by atoms with Gasteiger partial charge in [-0.15, -0.1) is 0 Å². The Balaban J connectivity index is 1.52. The summed E-state index contributed by atoms with van der Waals surface area (Å²) in [5.74, 6) is -1.86. The minimum Gasteiger partial charge on any atom is -0.480 e. The maximum absolute atomic E-state index is 14.8. The quantitative estimate of drug-likeness (QED) is 0.464. The van der Waals surface area contributed by atoms with Gasteiger partial charge in [-0.05, 0) is 56.2 Å². The second-order valence-corrected chi connectivity index (χ2v) is 13.6. The Labute approximate surface area is 218 Å². The van der Waals surface area contributed by atoms with Gasteiger partial charge < -0.3 is 14.5 Å². The van der Waals surface area contributed by atoms with Crippen LogP contribution in [0.3, 0.4) is 0 Å². The average Bonchev–Trinajstić information content (AvgIpc) is 3.69. The highest BCUT2D eigenvalue weighted by Gasteiger charge is 2.39. The molecule has 1 heterocycles. The zero-order chi connectivity index (χ0) is 28.0. The van der Waals surface area contributed by atoms with E-state index in [0.717, 1.165) is 37.4 Å². The molecule has 2 aliphatic rings. The summed E-state index contributed by atoms with van der Waals surface area (Å²) in [4.78, 5) is 15.9. The van der Waals surface area contributed by atoms with E-state index in [-0.39, 0.29) is 47.2 Å². The van der Waals surface area contributed by atoms with Crippen molar-refractivity contribution in [1.29, 1.82) is 0 Å². The lowest BCUT2D eigenvalue weighted by atomic mass is 10.1. The van der Waals surface area contributed by atoms with Gasteiger partial charge in [0, 0.05) is 32.4 Å². The lowest BCUT2D eigenvalue weighted by molar-refractivity contribution is -0.189. The molecule has 1 amide bonds. The fourth-order valence-corrected chi connectivity index (χ4v) is 6.39. The first kappa shape index (κ1) is 28.1. The Morgan fingerprint density at radius 1 is 0.974 bits per heavy atom. The fraction of sp³-hybridized carbons (Fsp3) is 0.458. The summed E-state index contributed by atoms with van der Waals surface area (Å²) in [5.41, 5.74) is -0.174. The number of piperazine rings is 1. The van der Waals surface area contributed by atoms with E-state index in [9.17, 15) is 39.2 Å². The molecule has 1 atom stereocenters. The zero-order valence-corrected chi connectivity index (χ0v) is 22.2. The molecule has 2 aromatic carbocycles. The van der Waals surface area contributed by atoms with E-state index in [1.54, 1.807) is 4.90 Å². The van der Waals surface area contributed by atoms with Crippen LogP contribution in [-0.4, -0.2) is 77.6 Å². The van der Waals surface area contributed by atoms with Crippen molar-refractivity contribution in [2.45, 2.75) is 47.1 Å². The Morgan fingerprint density at radius 2 is 1.58 bits per heavy atom. The van der Waals surface area contributed by atoms with Gasteiger partial charge in [-0.3, -0.25) is 4.79 Å². The van der Waals surface area contributed by atoms with E-state index >= 15 is 0 Å². The lowest BCUT2D eigenvalue weighted by Crippen LogP contribution is -2.49. The van der Waals surface area contributed by atoms with Crippen molar-refractivity contribution < 1.29 is 43.9 Å². The second kappa shape index (κ2) is 10.0. The first-order chi connectivity index (χ1) is 17.6. The van der Waals surface area contributed by atoms with E-state index in [0.29, 0.717) is 12.8 Å². The van der Waals surface area contributed by atoms with Crippen molar-refractivity contribution in [3.05, 3.63) is 47.8 Å². The number of carbonyl (C=O) groups excluding carboxylic acids is 1. The van der Waals surface area contributed by atoms with E-state index in [1.807, 2.05) is 0 Å². The van der Waals surface area contributed by atoms with Crippen LogP contribution in [-0.2, 0) is 19.7 Å². The Hall–Kier alpha value is -2.87. The van der Waals surface area contributed by atoms with E-state index < -0.39 is 54.7 Å². The number of sulfone groups is 2. The number of ether oxygens (including phenoxy) is 1. The summed E-state index contributed by atoms with van der Waals surface area (Å²) in [7, 11) is -7.33. The number of hydrogen-bond donors (Lipinski definition) is 0. The number of hydrogen-bond acceptors (Lipinski definition) is 7. The van der Waals surface area contributed by atoms with Crippen LogP contribution in [0.15, 0.2) is 46.2 Å². The molecule has 14 heteroatoms. The van der Waals surface area contributed by atoms with E-state index in [4.69, 9.17) is 4.74 Å². The highest BCUT2D eigenvalue weighted by atomic mass is 32.2. The Morgan fingerprint density at radius 3 is 2.11 bits per heavy atom. The van der Waals surface area contributed by atoms with Crippen LogP contribution >= 0.6 is 0 Å². The van der Waals surface area contributed by atoms with Crippen LogP contribution in [0.5, 0.6) is 5.75 Å². The maximum Gasteiger partial charge on any atom is 0.425 e. The van der Waals surface area contributed by atoms with E-state index in [1.165, 1.54) is 17.0 Å². The normalized spacial score (nSPS) is 17.8. The third-order valence-electron chi connectivity index (χ3n) is 6.49. The molecule has 8 nitrogen and oxygen atoms in total. The molecule has 1 saturated carbocycles. The number of carbonyl (C=O) groups is 1. The summed E-state index contributed by atoms with van der Waals surface area (Å²) < 4.78 is 108. The van der Waals surface area contributed by atoms with Gasteiger partial charge in [-0.1, -0.05) is 0 Å². The standard InChI is InChI=1S/C24H26F4N2O6S2/c1-15(24(26,27)28)36-22-8-6-17(37(2,32)33)13-19(22)23(31)30-11-9-29(10-12-30)21-7-5-18(14-20(21)25)38(34,35)16-3-4-16/h5-8,13-16H,3-4,9-12H2,1-2H3. The Bertz CT molecular complexity index is 1450. The molecule has 1 unspecified atom stereocenters. The van der Waals surface area contributed by atoms with Crippen LogP contribution in [0.1, 0.15) is 30.1 Å². The van der Waals surface area contributed by atoms with Gasteiger partial charge in [-0.2, -0.15) is 13.2 Å². The molecule has 0 bridgehead atoms. The lowest BCUT2D eigenvalue weighted by Gasteiger charge is -2.36. The summed E-state index contributed by atoms with van der Waals surface area (Å²) in [6, 6.07) is 6.80. The number of amides is 1. The molecule has 0 N–H and O–H groups in total. The van der Waals surface area contributed by atoms with Gasteiger partial charge >= 0.3 is 6.18 Å². The SMILES string of the molecule is CC(Oc1ccc(S(C)(=O)=O)cc1C(=O)N1CCN(c2ccc(S(=O)(=O)C3CC3)cc2F)CC1)C(F)(F)F. The molecule has 4 rings (SSSR count). The molecule has 208 valence electrons. The average molecular weight is 579 g/mol.